The van der Waals surface area contributed by atoms with E-state index >= 15 is 0 Å². The third kappa shape index (κ3) is 2.28. The molecule has 148 valence electrons. The smallest absolute Gasteiger partial charge is 0.291 e. The van der Waals surface area contributed by atoms with Gasteiger partial charge < -0.3 is 16.4 Å². The number of likely N-dealkylation sites (tertiary alicyclic amines) is 1. The summed E-state index contributed by atoms with van der Waals surface area (Å²) in [5.41, 5.74) is 5.09. The summed E-state index contributed by atoms with van der Waals surface area (Å²) in [5, 5.41) is 4.82. The Kier molecular flexibility index (Phi) is 4.24. The van der Waals surface area contributed by atoms with Crippen molar-refractivity contribution < 1.29 is 24.5 Å². The number of quaternary nitrogens is 1. The van der Waals surface area contributed by atoms with Gasteiger partial charge in [0.2, 0.25) is 23.3 Å². The summed E-state index contributed by atoms with van der Waals surface area (Å²) >= 11 is 6.26. The van der Waals surface area contributed by atoms with Crippen LogP contribution in [0.3, 0.4) is 0 Å². The van der Waals surface area contributed by atoms with Crippen molar-refractivity contribution in [2.24, 2.45) is 17.6 Å². The Morgan fingerprint density at radius 3 is 2.71 bits per heavy atom. The number of hydrogen-bond acceptors (Lipinski definition) is 4. The van der Waals surface area contributed by atoms with Crippen molar-refractivity contribution in [1.82, 2.24) is 4.90 Å². The van der Waals surface area contributed by atoms with Gasteiger partial charge in [0.05, 0.1) is 17.1 Å². The lowest BCUT2D eigenvalue weighted by Gasteiger charge is -2.28. The van der Waals surface area contributed by atoms with Gasteiger partial charge in [-0.1, -0.05) is 24.6 Å². The number of hydrogen-bond donors (Lipinski definition) is 3. The Hall–Kier alpha value is -2.45. The van der Waals surface area contributed by atoms with Gasteiger partial charge in [-0.2, -0.15) is 0 Å². The Balaban J connectivity index is 1.90. The van der Waals surface area contributed by atoms with E-state index in [0.717, 1.165) is 0 Å². The average Bonchev–Trinajstić information content (AvgIpc) is 3.21. The minimum atomic E-state index is -1.33. The molecule has 3 aliphatic rings. The predicted molar refractivity (Wildman–Crippen MR) is 99.9 cm³/mol. The largest absolute Gasteiger partial charge is 0.369 e. The van der Waals surface area contributed by atoms with Crippen LogP contribution in [0.2, 0.25) is 5.02 Å². The molecule has 28 heavy (non-hydrogen) atoms. The number of carbonyl (C=O) groups is 4. The predicted octanol–water partition coefficient (Wildman–Crippen LogP) is -0.292. The summed E-state index contributed by atoms with van der Waals surface area (Å²) in [5.74, 6) is -3.39. The van der Waals surface area contributed by atoms with Crippen LogP contribution < -0.4 is 16.4 Å². The van der Waals surface area contributed by atoms with Crippen LogP contribution in [0.4, 0.5) is 5.69 Å². The number of amides is 4. The van der Waals surface area contributed by atoms with Crippen LogP contribution in [-0.2, 0) is 24.7 Å². The normalized spacial score (nSPS) is 31.9. The van der Waals surface area contributed by atoms with Gasteiger partial charge in [0.15, 0.2) is 0 Å². The summed E-state index contributed by atoms with van der Waals surface area (Å²) in [6.07, 6.45) is 0.502. The summed E-state index contributed by atoms with van der Waals surface area (Å²) in [6.45, 7) is 3.69. The van der Waals surface area contributed by atoms with E-state index < -0.39 is 35.2 Å². The van der Waals surface area contributed by atoms with Crippen molar-refractivity contribution in [3.63, 3.8) is 0 Å². The molecule has 3 aliphatic heterocycles. The van der Waals surface area contributed by atoms with Crippen molar-refractivity contribution in [3.8, 4) is 0 Å². The highest BCUT2D eigenvalue weighted by molar-refractivity contribution is 6.35. The van der Waals surface area contributed by atoms with Crippen LogP contribution in [0.1, 0.15) is 32.3 Å². The Bertz CT molecular complexity index is 919. The number of primary amides is 1. The molecule has 0 radical (unpaired) electrons. The number of fused-ring (bicyclic) bond motifs is 4. The number of para-hydroxylation sites is 1. The van der Waals surface area contributed by atoms with E-state index in [1.165, 1.54) is 4.90 Å². The van der Waals surface area contributed by atoms with E-state index in [2.05, 4.69) is 5.32 Å². The van der Waals surface area contributed by atoms with Crippen molar-refractivity contribution >= 4 is 40.9 Å². The van der Waals surface area contributed by atoms with Gasteiger partial charge in [0.1, 0.15) is 17.9 Å². The molecule has 1 aromatic carbocycles. The molecule has 2 saturated heterocycles. The van der Waals surface area contributed by atoms with Crippen molar-refractivity contribution in [3.05, 3.63) is 28.8 Å². The molecule has 4 rings (SSSR count). The first-order chi connectivity index (χ1) is 13.2. The highest BCUT2D eigenvalue weighted by atomic mass is 35.5. The maximum atomic E-state index is 13.4. The van der Waals surface area contributed by atoms with Gasteiger partial charge in [0, 0.05) is 11.6 Å². The zero-order chi connectivity index (χ0) is 20.4. The summed E-state index contributed by atoms with van der Waals surface area (Å²) in [7, 11) is 0. The molecule has 4 amide bonds. The third-order valence-corrected chi connectivity index (χ3v) is 6.67. The van der Waals surface area contributed by atoms with E-state index in [4.69, 9.17) is 17.3 Å². The van der Waals surface area contributed by atoms with Crippen molar-refractivity contribution in [2.75, 3.05) is 5.32 Å². The number of anilines is 1. The zero-order valence-corrected chi connectivity index (χ0v) is 16.3. The molecule has 2 fully saturated rings. The number of nitrogens with zero attached hydrogens (tertiary/aromatic N) is 1. The lowest BCUT2D eigenvalue weighted by atomic mass is 9.76. The van der Waals surface area contributed by atoms with Crippen LogP contribution in [0.25, 0.3) is 0 Å². The Morgan fingerprint density at radius 2 is 2.07 bits per heavy atom. The molecule has 9 heteroatoms. The summed E-state index contributed by atoms with van der Waals surface area (Å²) < 4.78 is 0. The van der Waals surface area contributed by atoms with E-state index in [0.29, 0.717) is 22.7 Å². The van der Waals surface area contributed by atoms with Crippen LogP contribution in [0.5, 0.6) is 0 Å². The number of rotatable bonds is 4. The number of halogens is 1. The van der Waals surface area contributed by atoms with Gasteiger partial charge in [-0.05, 0) is 25.5 Å². The topological polar surface area (TPSA) is 126 Å². The fourth-order valence-electron chi connectivity index (χ4n) is 5.01. The second kappa shape index (κ2) is 6.28. The molecule has 0 unspecified atom stereocenters. The van der Waals surface area contributed by atoms with E-state index in [9.17, 15) is 19.2 Å². The van der Waals surface area contributed by atoms with Crippen LogP contribution >= 0.6 is 11.6 Å². The lowest BCUT2D eigenvalue weighted by molar-refractivity contribution is -0.732. The molecule has 0 aliphatic carbocycles. The van der Waals surface area contributed by atoms with E-state index in [1.807, 2.05) is 6.92 Å². The molecule has 3 heterocycles. The number of carbonyl (C=O) groups excluding carboxylic acids is 4. The monoisotopic (exact) mass is 405 g/mol. The molecular weight excluding hydrogens is 384 g/mol. The molecule has 5 N–H and O–H groups in total. The van der Waals surface area contributed by atoms with Gasteiger partial charge in [0.25, 0.3) is 5.91 Å². The standard InChI is InChI=1S/C19H21ClN4O4/c1-3-8(2)24-16(26)13-11(7-12(21)25)23-19(14(13)17(24)27)9-5-4-6-10(20)15(9)22-18(19)28/h4-6,8,11,13-14,23H,3,7H2,1-2H3,(H2,21,25)(H,22,28)/p+1/t8-,11-,13-,14+,19-/m1/s1. The zero-order valence-electron chi connectivity index (χ0n) is 15.6. The molecule has 0 bridgehead atoms. The highest BCUT2D eigenvalue weighted by Crippen LogP contribution is 2.51. The molecule has 5 atom stereocenters. The maximum absolute atomic E-state index is 13.4. The third-order valence-electron chi connectivity index (χ3n) is 6.36. The molecule has 1 aromatic rings. The summed E-state index contributed by atoms with van der Waals surface area (Å²) in [6, 6.07) is 4.22. The number of benzene rings is 1. The van der Waals surface area contributed by atoms with Crippen LogP contribution in [0.15, 0.2) is 18.2 Å². The van der Waals surface area contributed by atoms with Gasteiger partial charge in [-0.3, -0.25) is 24.1 Å². The second-order valence-corrected chi connectivity index (χ2v) is 8.20. The maximum Gasteiger partial charge on any atom is 0.291 e. The van der Waals surface area contributed by atoms with Crippen LogP contribution in [0, 0.1) is 11.8 Å². The first-order valence-electron chi connectivity index (χ1n) is 9.35. The fourth-order valence-corrected chi connectivity index (χ4v) is 5.23. The molecule has 0 aromatic heterocycles. The number of nitrogens with one attached hydrogen (secondary N) is 1. The fraction of sp³-hybridized carbons (Fsp3) is 0.474. The van der Waals surface area contributed by atoms with Gasteiger partial charge >= 0.3 is 0 Å². The molecular formula is C19H22ClN4O4+. The quantitative estimate of drug-likeness (QED) is 0.595. The van der Waals surface area contributed by atoms with E-state index in [1.54, 1.807) is 30.4 Å². The number of nitrogens with two attached hydrogens (primary N) is 2. The van der Waals surface area contributed by atoms with Crippen molar-refractivity contribution in [2.45, 2.75) is 44.3 Å². The highest BCUT2D eigenvalue weighted by Gasteiger charge is 2.74. The average molecular weight is 406 g/mol. The van der Waals surface area contributed by atoms with E-state index in [-0.39, 0.29) is 24.3 Å². The first-order valence-corrected chi connectivity index (χ1v) is 9.73. The number of imide groups is 1. The Morgan fingerprint density at radius 1 is 1.36 bits per heavy atom. The minimum Gasteiger partial charge on any atom is -0.369 e. The summed E-state index contributed by atoms with van der Waals surface area (Å²) in [4.78, 5) is 52.7. The lowest BCUT2D eigenvalue weighted by Crippen LogP contribution is -2.99. The van der Waals surface area contributed by atoms with Crippen LogP contribution in [-0.4, -0.2) is 40.6 Å². The first kappa shape index (κ1) is 18.9. The SMILES string of the molecule is CC[C@@H](C)N1C(=O)[C@H]2[C@@H](C1=O)[C@@]1([NH2+][C@@H]2CC(N)=O)C(=O)Nc2c(Cl)cccc21. The van der Waals surface area contributed by atoms with Gasteiger partial charge in [-0.25, -0.2) is 0 Å². The second-order valence-electron chi connectivity index (χ2n) is 7.79. The van der Waals surface area contributed by atoms with Crippen molar-refractivity contribution in [1.29, 1.82) is 0 Å². The Labute approximate surface area is 166 Å². The minimum absolute atomic E-state index is 0.0978. The van der Waals surface area contributed by atoms with Gasteiger partial charge in [-0.15, -0.1) is 0 Å². The molecule has 0 saturated carbocycles. The molecule has 1 spiro atoms. The molecule has 8 nitrogen and oxygen atoms in total.